The summed E-state index contributed by atoms with van der Waals surface area (Å²) in [7, 11) is 1.82. The summed E-state index contributed by atoms with van der Waals surface area (Å²) >= 11 is 0. The van der Waals surface area contributed by atoms with Crippen molar-refractivity contribution in [2.75, 3.05) is 25.0 Å². The number of anilines is 1. The van der Waals surface area contributed by atoms with Gasteiger partial charge >= 0.3 is 0 Å². The van der Waals surface area contributed by atoms with Crippen molar-refractivity contribution in [3.63, 3.8) is 0 Å². The predicted octanol–water partition coefficient (Wildman–Crippen LogP) is 1.01. The first-order valence-electron chi connectivity index (χ1n) is 5.59. The summed E-state index contributed by atoms with van der Waals surface area (Å²) in [5.74, 6) is 0.751. The van der Waals surface area contributed by atoms with Gasteiger partial charge in [-0.05, 0) is 20.0 Å². The van der Waals surface area contributed by atoms with Crippen LogP contribution in [0.3, 0.4) is 0 Å². The van der Waals surface area contributed by atoms with Crippen LogP contribution in [0, 0.1) is 6.92 Å². The van der Waals surface area contributed by atoms with Crippen molar-refractivity contribution >= 4 is 11.7 Å². The fraction of sp³-hybridized carbons (Fsp3) is 0.636. The van der Waals surface area contributed by atoms with Crippen LogP contribution >= 0.6 is 0 Å². The van der Waals surface area contributed by atoms with E-state index in [1.807, 2.05) is 33.9 Å². The topological polar surface area (TPSA) is 50.2 Å². The third-order valence-corrected chi connectivity index (χ3v) is 2.53. The first-order valence-corrected chi connectivity index (χ1v) is 5.59. The molecule has 0 unspecified atom stereocenters. The summed E-state index contributed by atoms with van der Waals surface area (Å²) in [5, 5.41) is 7.02. The second kappa shape index (κ2) is 5.65. The van der Waals surface area contributed by atoms with Crippen molar-refractivity contribution in [2.24, 2.45) is 7.05 Å². The van der Waals surface area contributed by atoms with Gasteiger partial charge in [-0.15, -0.1) is 0 Å². The molecule has 1 amide bonds. The molecule has 0 aromatic carbocycles. The van der Waals surface area contributed by atoms with Gasteiger partial charge in [0.25, 0.3) is 0 Å². The van der Waals surface area contributed by atoms with Gasteiger partial charge in [0.05, 0.1) is 12.2 Å². The highest BCUT2D eigenvalue weighted by Crippen LogP contribution is 2.07. The summed E-state index contributed by atoms with van der Waals surface area (Å²) in [4.78, 5) is 13.8. The van der Waals surface area contributed by atoms with Crippen molar-refractivity contribution in [1.82, 2.24) is 14.7 Å². The molecule has 1 rings (SSSR count). The standard InChI is InChI=1S/C11H20N4O/c1-5-15(6-2)8-11(16)12-10-7-9(3)13-14(10)4/h7H,5-6,8H2,1-4H3,(H,12,16). The third kappa shape index (κ3) is 3.34. The zero-order chi connectivity index (χ0) is 12.1. The molecule has 0 spiro atoms. The molecule has 90 valence electrons. The van der Waals surface area contributed by atoms with E-state index in [0.29, 0.717) is 6.54 Å². The van der Waals surface area contributed by atoms with Gasteiger partial charge in [0.2, 0.25) is 5.91 Å². The van der Waals surface area contributed by atoms with Crippen LogP contribution in [0.4, 0.5) is 5.82 Å². The van der Waals surface area contributed by atoms with Crippen LogP contribution in [0.1, 0.15) is 19.5 Å². The monoisotopic (exact) mass is 224 g/mol. The molecule has 0 radical (unpaired) electrons. The quantitative estimate of drug-likeness (QED) is 0.812. The van der Waals surface area contributed by atoms with Crippen LogP contribution in [-0.2, 0) is 11.8 Å². The van der Waals surface area contributed by atoms with Crippen molar-refractivity contribution < 1.29 is 4.79 Å². The van der Waals surface area contributed by atoms with Crippen LogP contribution in [0.15, 0.2) is 6.07 Å². The molecule has 0 aliphatic rings. The van der Waals surface area contributed by atoms with Crippen molar-refractivity contribution in [3.05, 3.63) is 11.8 Å². The fourth-order valence-corrected chi connectivity index (χ4v) is 1.56. The van der Waals surface area contributed by atoms with E-state index in [1.165, 1.54) is 0 Å². The first-order chi connectivity index (χ1) is 7.56. The van der Waals surface area contributed by atoms with Gasteiger partial charge in [0.1, 0.15) is 5.82 Å². The summed E-state index contributed by atoms with van der Waals surface area (Å²) in [6.07, 6.45) is 0. The van der Waals surface area contributed by atoms with E-state index >= 15 is 0 Å². The molecule has 5 heteroatoms. The lowest BCUT2D eigenvalue weighted by atomic mass is 10.4. The number of hydrogen-bond donors (Lipinski definition) is 1. The Bertz CT molecular complexity index is 355. The lowest BCUT2D eigenvalue weighted by Crippen LogP contribution is -2.33. The molecular weight excluding hydrogens is 204 g/mol. The lowest BCUT2D eigenvalue weighted by Gasteiger charge is -2.17. The minimum absolute atomic E-state index is 0.00620. The number of aryl methyl sites for hydroxylation is 2. The summed E-state index contributed by atoms with van der Waals surface area (Å²) in [6, 6.07) is 1.86. The molecule has 0 fully saturated rings. The Balaban J connectivity index is 2.54. The highest BCUT2D eigenvalue weighted by atomic mass is 16.2. The number of amides is 1. The minimum atomic E-state index is 0.00620. The fourth-order valence-electron chi connectivity index (χ4n) is 1.56. The Kier molecular flexibility index (Phi) is 4.49. The van der Waals surface area contributed by atoms with E-state index in [4.69, 9.17) is 0 Å². The van der Waals surface area contributed by atoms with E-state index in [2.05, 4.69) is 15.3 Å². The van der Waals surface area contributed by atoms with Gasteiger partial charge < -0.3 is 5.32 Å². The van der Waals surface area contributed by atoms with Gasteiger partial charge in [-0.3, -0.25) is 14.4 Å². The number of nitrogens with one attached hydrogen (secondary N) is 1. The van der Waals surface area contributed by atoms with Gasteiger partial charge in [0, 0.05) is 13.1 Å². The number of rotatable bonds is 5. The molecule has 0 aliphatic heterocycles. The number of hydrogen-bond acceptors (Lipinski definition) is 3. The average molecular weight is 224 g/mol. The van der Waals surface area contributed by atoms with E-state index in [-0.39, 0.29) is 5.91 Å². The Hall–Kier alpha value is -1.36. The highest BCUT2D eigenvalue weighted by molar-refractivity contribution is 5.91. The SMILES string of the molecule is CCN(CC)CC(=O)Nc1cc(C)nn1C. The van der Waals surface area contributed by atoms with Crippen LogP contribution in [0.5, 0.6) is 0 Å². The maximum atomic E-state index is 11.7. The number of carbonyl (C=O) groups excluding carboxylic acids is 1. The van der Waals surface area contributed by atoms with E-state index in [9.17, 15) is 4.79 Å². The van der Waals surface area contributed by atoms with Gasteiger partial charge in [-0.25, -0.2) is 0 Å². The molecule has 0 saturated carbocycles. The molecule has 0 aliphatic carbocycles. The van der Waals surface area contributed by atoms with E-state index in [0.717, 1.165) is 24.6 Å². The number of likely N-dealkylation sites (N-methyl/N-ethyl adjacent to an activating group) is 1. The molecule has 16 heavy (non-hydrogen) atoms. The zero-order valence-electron chi connectivity index (χ0n) is 10.4. The summed E-state index contributed by atoms with van der Waals surface area (Å²) in [6.45, 7) is 8.19. The van der Waals surface area contributed by atoms with Crippen molar-refractivity contribution in [3.8, 4) is 0 Å². The molecule has 1 heterocycles. The average Bonchev–Trinajstić information content (AvgIpc) is 2.54. The van der Waals surface area contributed by atoms with E-state index < -0.39 is 0 Å². The number of aromatic nitrogens is 2. The molecule has 5 nitrogen and oxygen atoms in total. The maximum Gasteiger partial charge on any atom is 0.239 e. The largest absolute Gasteiger partial charge is 0.310 e. The molecular formula is C11H20N4O. The molecule has 0 saturated heterocycles. The smallest absolute Gasteiger partial charge is 0.239 e. The summed E-state index contributed by atoms with van der Waals surface area (Å²) in [5.41, 5.74) is 0.903. The summed E-state index contributed by atoms with van der Waals surface area (Å²) < 4.78 is 1.68. The number of nitrogens with zero attached hydrogens (tertiary/aromatic N) is 3. The second-order valence-electron chi connectivity index (χ2n) is 3.80. The Morgan fingerprint density at radius 3 is 2.56 bits per heavy atom. The van der Waals surface area contributed by atoms with Crippen LogP contribution in [0.2, 0.25) is 0 Å². The third-order valence-electron chi connectivity index (χ3n) is 2.53. The zero-order valence-corrected chi connectivity index (χ0v) is 10.4. The normalized spacial score (nSPS) is 10.8. The van der Waals surface area contributed by atoms with E-state index in [1.54, 1.807) is 4.68 Å². The van der Waals surface area contributed by atoms with Crippen molar-refractivity contribution in [2.45, 2.75) is 20.8 Å². The Morgan fingerprint density at radius 2 is 2.12 bits per heavy atom. The minimum Gasteiger partial charge on any atom is -0.310 e. The predicted molar refractivity (Wildman–Crippen MR) is 64.4 cm³/mol. The first kappa shape index (κ1) is 12.7. The number of carbonyl (C=O) groups is 1. The van der Waals surface area contributed by atoms with Crippen LogP contribution in [-0.4, -0.2) is 40.2 Å². The molecule has 0 atom stereocenters. The maximum absolute atomic E-state index is 11.7. The van der Waals surface area contributed by atoms with Crippen LogP contribution in [0.25, 0.3) is 0 Å². The van der Waals surface area contributed by atoms with Crippen molar-refractivity contribution in [1.29, 1.82) is 0 Å². The Labute approximate surface area is 96.4 Å². The Morgan fingerprint density at radius 1 is 1.50 bits per heavy atom. The highest BCUT2D eigenvalue weighted by Gasteiger charge is 2.09. The second-order valence-corrected chi connectivity index (χ2v) is 3.80. The van der Waals surface area contributed by atoms with Gasteiger partial charge in [-0.2, -0.15) is 5.10 Å². The lowest BCUT2D eigenvalue weighted by molar-refractivity contribution is -0.117. The molecule has 1 aromatic heterocycles. The molecule has 1 aromatic rings. The van der Waals surface area contributed by atoms with Gasteiger partial charge in [-0.1, -0.05) is 13.8 Å². The molecule has 0 bridgehead atoms. The van der Waals surface area contributed by atoms with Crippen LogP contribution < -0.4 is 5.32 Å². The van der Waals surface area contributed by atoms with Gasteiger partial charge in [0.15, 0.2) is 0 Å². The molecule has 1 N–H and O–H groups in total.